The average Bonchev–Trinajstić information content (AvgIpc) is 3.15. The zero-order valence-electron chi connectivity index (χ0n) is 19.6. The van der Waals surface area contributed by atoms with Gasteiger partial charge in [-0.15, -0.1) is 0 Å². The van der Waals surface area contributed by atoms with Crippen LogP contribution in [0, 0.1) is 11.8 Å². The van der Waals surface area contributed by atoms with Gasteiger partial charge in [0.2, 0.25) is 5.91 Å². The molecule has 2 aliphatic rings. The number of amides is 2. The zero-order chi connectivity index (χ0) is 24.2. The van der Waals surface area contributed by atoms with Gasteiger partial charge in [-0.2, -0.15) is 0 Å². The number of carboxylic acids is 1. The molecule has 0 heterocycles. The van der Waals surface area contributed by atoms with Crippen LogP contribution in [0.3, 0.4) is 0 Å². The van der Waals surface area contributed by atoms with E-state index < -0.39 is 30.1 Å². The molecule has 0 aliphatic heterocycles. The second-order valence-corrected chi connectivity index (χ2v) is 9.54. The van der Waals surface area contributed by atoms with E-state index in [9.17, 15) is 19.5 Å². The summed E-state index contributed by atoms with van der Waals surface area (Å²) in [5.41, 5.74) is 4.53. The Bertz CT molecular complexity index is 1020. The minimum atomic E-state index is -0.893. The quantitative estimate of drug-likeness (QED) is 0.566. The van der Waals surface area contributed by atoms with Crippen LogP contribution in [0.1, 0.15) is 56.6 Å². The number of hydrogen-bond donors (Lipinski definition) is 3. The lowest BCUT2D eigenvalue weighted by Crippen LogP contribution is -2.54. The molecule has 2 amide bonds. The van der Waals surface area contributed by atoms with E-state index in [0.29, 0.717) is 12.8 Å². The van der Waals surface area contributed by atoms with Crippen LogP contribution in [-0.2, 0) is 14.3 Å². The van der Waals surface area contributed by atoms with Crippen molar-refractivity contribution in [1.82, 2.24) is 10.6 Å². The van der Waals surface area contributed by atoms with E-state index in [4.69, 9.17) is 4.74 Å². The monoisotopic (exact) mass is 464 g/mol. The lowest BCUT2D eigenvalue weighted by atomic mass is 9.84. The lowest BCUT2D eigenvalue weighted by Gasteiger charge is -2.31. The van der Waals surface area contributed by atoms with Gasteiger partial charge in [0, 0.05) is 12.0 Å². The normalized spacial score (nSPS) is 20.2. The molecule has 3 atom stereocenters. The SMILES string of the molecule is CC(C)C(NC(=O)OCC1c2ccccc2-c2ccccc21)C(=O)NC1CCCCC1C(=O)O. The molecular weight excluding hydrogens is 432 g/mol. The van der Waals surface area contributed by atoms with Gasteiger partial charge in [0.05, 0.1) is 5.92 Å². The van der Waals surface area contributed by atoms with Crippen LogP contribution >= 0.6 is 0 Å². The van der Waals surface area contributed by atoms with Gasteiger partial charge in [0.25, 0.3) is 0 Å². The fourth-order valence-corrected chi connectivity index (χ4v) is 5.17. The molecule has 180 valence electrons. The molecule has 7 nitrogen and oxygen atoms in total. The van der Waals surface area contributed by atoms with E-state index in [1.165, 1.54) is 0 Å². The Hall–Kier alpha value is -3.35. The summed E-state index contributed by atoms with van der Waals surface area (Å²) in [4.78, 5) is 37.2. The Morgan fingerprint density at radius 1 is 0.971 bits per heavy atom. The first kappa shape index (κ1) is 23.8. The molecule has 3 unspecified atom stereocenters. The lowest BCUT2D eigenvalue weighted by molar-refractivity contribution is -0.144. The van der Waals surface area contributed by atoms with E-state index in [0.717, 1.165) is 35.1 Å². The van der Waals surface area contributed by atoms with Gasteiger partial charge in [0.15, 0.2) is 0 Å². The molecule has 34 heavy (non-hydrogen) atoms. The van der Waals surface area contributed by atoms with Gasteiger partial charge in [0.1, 0.15) is 12.6 Å². The van der Waals surface area contributed by atoms with Crippen molar-refractivity contribution in [3.8, 4) is 11.1 Å². The van der Waals surface area contributed by atoms with Crippen LogP contribution in [-0.4, -0.2) is 41.8 Å². The van der Waals surface area contributed by atoms with Crippen molar-refractivity contribution in [2.45, 2.75) is 57.5 Å². The van der Waals surface area contributed by atoms with Crippen molar-refractivity contribution in [3.63, 3.8) is 0 Å². The number of nitrogens with one attached hydrogen (secondary N) is 2. The number of benzene rings is 2. The van der Waals surface area contributed by atoms with Crippen molar-refractivity contribution in [2.24, 2.45) is 11.8 Å². The molecule has 2 aromatic rings. The van der Waals surface area contributed by atoms with Crippen LogP contribution in [0.4, 0.5) is 4.79 Å². The second kappa shape index (κ2) is 10.3. The number of rotatable bonds is 7. The first-order valence-electron chi connectivity index (χ1n) is 12.0. The second-order valence-electron chi connectivity index (χ2n) is 9.54. The highest BCUT2D eigenvalue weighted by atomic mass is 16.5. The maximum absolute atomic E-state index is 13.0. The third kappa shape index (κ3) is 4.93. The number of hydrogen-bond acceptors (Lipinski definition) is 4. The molecule has 1 fully saturated rings. The molecular formula is C27H32N2O5. The fraction of sp³-hybridized carbons (Fsp3) is 0.444. The number of alkyl carbamates (subject to hydrolysis) is 1. The molecule has 7 heteroatoms. The van der Waals surface area contributed by atoms with E-state index in [1.807, 2.05) is 38.1 Å². The molecule has 0 saturated heterocycles. The standard InChI is InChI=1S/C27H32N2O5/c1-16(2)24(25(30)28-23-14-8-7-13-21(23)26(31)32)29-27(33)34-15-22-19-11-5-3-9-17(19)18-10-4-6-12-20(18)22/h3-6,9-12,16,21-24H,7-8,13-15H2,1-2H3,(H,28,30)(H,29,33)(H,31,32). The number of aliphatic carboxylic acids is 1. The van der Waals surface area contributed by atoms with Crippen LogP contribution in [0.15, 0.2) is 48.5 Å². The molecule has 0 spiro atoms. The van der Waals surface area contributed by atoms with Gasteiger partial charge >= 0.3 is 12.1 Å². The van der Waals surface area contributed by atoms with E-state index in [1.54, 1.807) is 0 Å². The molecule has 2 aliphatic carbocycles. The number of carbonyl (C=O) groups is 3. The Labute approximate surface area is 199 Å². The smallest absolute Gasteiger partial charge is 0.407 e. The van der Waals surface area contributed by atoms with Crippen molar-refractivity contribution < 1.29 is 24.2 Å². The van der Waals surface area contributed by atoms with Crippen LogP contribution in [0.25, 0.3) is 11.1 Å². The summed E-state index contributed by atoms with van der Waals surface area (Å²) in [5, 5.41) is 15.1. The third-order valence-corrected chi connectivity index (χ3v) is 6.98. The molecule has 1 saturated carbocycles. The summed E-state index contributed by atoms with van der Waals surface area (Å²) in [6, 6.07) is 15.0. The van der Waals surface area contributed by atoms with Gasteiger partial charge < -0.3 is 20.5 Å². The number of fused-ring (bicyclic) bond motifs is 3. The van der Waals surface area contributed by atoms with Gasteiger partial charge in [-0.05, 0) is 41.0 Å². The summed E-state index contributed by atoms with van der Waals surface area (Å²) >= 11 is 0. The highest BCUT2D eigenvalue weighted by Gasteiger charge is 2.35. The van der Waals surface area contributed by atoms with Crippen molar-refractivity contribution in [2.75, 3.05) is 6.61 Å². The highest BCUT2D eigenvalue weighted by molar-refractivity contribution is 5.87. The molecule has 4 rings (SSSR count). The summed E-state index contributed by atoms with van der Waals surface area (Å²) in [6.07, 6.45) is 2.23. The maximum atomic E-state index is 13.0. The van der Waals surface area contributed by atoms with E-state index >= 15 is 0 Å². The first-order chi connectivity index (χ1) is 16.4. The number of ether oxygens (including phenoxy) is 1. The summed E-state index contributed by atoms with van der Waals surface area (Å²) in [7, 11) is 0. The Kier molecular flexibility index (Phi) is 7.20. The first-order valence-corrected chi connectivity index (χ1v) is 12.0. The Balaban J connectivity index is 1.39. The minimum Gasteiger partial charge on any atom is -0.481 e. The molecule has 3 N–H and O–H groups in total. The zero-order valence-corrected chi connectivity index (χ0v) is 19.6. The fourth-order valence-electron chi connectivity index (χ4n) is 5.17. The predicted molar refractivity (Wildman–Crippen MR) is 128 cm³/mol. The van der Waals surface area contributed by atoms with Crippen molar-refractivity contribution >= 4 is 18.0 Å². The summed E-state index contributed by atoms with van der Waals surface area (Å²) in [6.45, 7) is 3.84. The van der Waals surface area contributed by atoms with Crippen molar-refractivity contribution in [3.05, 3.63) is 59.7 Å². The van der Waals surface area contributed by atoms with Gasteiger partial charge in [-0.1, -0.05) is 75.2 Å². The van der Waals surface area contributed by atoms with Crippen molar-refractivity contribution in [1.29, 1.82) is 0 Å². The topological polar surface area (TPSA) is 105 Å². The van der Waals surface area contributed by atoms with E-state index in [2.05, 4.69) is 34.9 Å². The number of carbonyl (C=O) groups excluding carboxylic acids is 2. The predicted octanol–water partition coefficient (Wildman–Crippen LogP) is 4.31. The molecule has 0 bridgehead atoms. The summed E-state index contributed by atoms with van der Waals surface area (Å²) in [5.74, 6) is -2.12. The Morgan fingerprint density at radius 3 is 2.15 bits per heavy atom. The summed E-state index contributed by atoms with van der Waals surface area (Å²) < 4.78 is 5.60. The minimum absolute atomic E-state index is 0.0666. The molecule has 2 aromatic carbocycles. The van der Waals surface area contributed by atoms with Gasteiger partial charge in [-0.25, -0.2) is 4.79 Å². The van der Waals surface area contributed by atoms with Crippen LogP contribution in [0.5, 0.6) is 0 Å². The Morgan fingerprint density at radius 2 is 1.56 bits per heavy atom. The maximum Gasteiger partial charge on any atom is 0.407 e. The van der Waals surface area contributed by atoms with Gasteiger partial charge in [-0.3, -0.25) is 9.59 Å². The largest absolute Gasteiger partial charge is 0.481 e. The molecule has 0 radical (unpaired) electrons. The van der Waals surface area contributed by atoms with Crippen LogP contribution < -0.4 is 10.6 Å². The number of carboxylic acid groups (broad SMARTS) is 1. The average molecular weight is 465 g/mol. The van der Waals surface area contributed by atoms with Crippen LogP contribution in [0.2, 0.25) is 0 Å². The molecule has 0 aromatic heterocycles. The van der Waals surface area contributed by atoms with E-state index in [-0.39, 0.29) is 24.3 Å². The third-order valence-electron chi connectivity index (χ3n) is 6.98. The highest BCUT2D eigenvalue weighted by Crippen LogP contribution is 2.44.